The predicted octanol–water partition coefficient (Wildman–Crippen LogP) is 3.74. The minimum atomic E-state index is -0.757. The maximum absolute atomic E-state index is 12.6. The number of nitrogens with one attached hydrogen (secondary N) is 1. The summed E-state index contributed by atoms with van der Waals surface area (Å²) in [6.07, 6.45) is 3.52. The van der Waals surface area contributed by atoms with Crippen LogP contribution in [-0.2, 0) is 27.4 Å². The number of rotatable bonds is 10. The van der Waals surface area contributed by atoms with Gasteiger partial charge in [-0.2, -0.15) is 0 Å². The quantitative estimate of drug-likeness (QED) is 0.494. The van der Waals surface area contributed by atoms with Crippen LogP contribution in [0.3, 0.4) is 0 Å². The van der Waals surface area contributed by atoms with Crippen LogP contribution < -0.4 is 5.32 Å². The second kappa shape index (κ2) is 11.0. The Hall–Kier alpha value is -2.82. The molecule has 2 rings (SSSR count). The molecule has 0 fully saturated rings. The molecule has 0 saturated carbocycles. The zero-order chi connectivity index (χ0) is 19.5. The normalized spacial score (nSPS) is 11.6. The lowest BCUT2D eigenvalue weighted by molar-refractivity contribution is -0.149. The molecule has 0 saturated heterocycles. The van der Waals surface area contributed by atoms with Crippen molar-refractivity contribution in [2.24, 2.45) is 0 Å². The number of phenols is 1. The number of phenolic OH excluding ortho intramolecular Hbond substituents is 1. The van der Waals surface area contributed by atoms with Crippen LogP contribution in [0.5, 0.6) is 5.75 Å². The van der Waals surface area contributed by atoms with E-state index < -0.39 is 12.0 Å². The Labute approximate surface area is 160 Å². The van der Waals surface area contributed by atoms with Gasteiger partial charge in [0.15, 0.2) is 0 Å². The Morgan fingerprint density at radius 2 is 1.70 bits per heavy atom. The van der Waals surface area contributed by atoms with Gasteiger partial charge in [-0.25, -0.2) is 4.79 Å². The number of aromatic hydroxyl groups is 1. The fourth-order valence-corrected chi connectivity index (χ4v) is 2.69. The fourth-order valence-electron chi connectivity index (χ4n) is 2.69. The van der Waals surface area contributed by atoms with Crippen LogP contribution in [-0.4, -0.2) is 23.0 Å². The van der Waals surface area contributed by atoms with Crippen molar-refractivity contribution in [2.75, 3.05) is 0 Å². The van der Waals surface area contributed by atoms with Gasteiger partial charge in [0.2, 0.25) is 5.91 Å². The van der Waals surface area contributed by atoms with Crippen molar-refractivity contribution in [3.8, 4) is 5.75 Å². The molecule has 1 atom stereocenters. The number of hydrogen-bond donors (Lipinski definition) is 2. The number of hydrogen-bond acceptors (Lipinski definition) is 4. The van der Waals surface area contributed by atoms with Crippen LogP contribution in [0, 0.1) is 0 Å². The summed E-state index contributed by atoms with van der Waals surface area (Å²) in [6.45, 7) is 2.24. The molecular weight excluding hydrogens is 342 g/mol. The highest BCUT2D eigenvalue weighted by Crippen LogP contribution is 2.13. The van der Waals surface area contributed by atoms with Gasteiger partial charge < -0.3 is 15.2 Å². The zero-order valence-electron chi connectivity index (χ0n) is 15.7. The third-order valence-corrected chi connectivity index (χ3v) is 4.23. The van der Waals surface area contributed by atoms with Crippen LogP contribution in [0.15, 0.2) is 54.6 Å². The Morgan fingerprint density at radius 1 is 1.00 bits per heavy atom. The largest absolute Gasteiger partial charge is 0.508 e. The highest BCUT2D eigenvalue weighted by molar-refractivity contribution is 5.84. The molecule has 0 bridgehead atoms. The van der Waals surface area contributed by atoms with E-state index in [0.717, 1.165) is 30.4 Å². The van der Waals surface area contributed by atoms with Gasteiger partial charge in [-0.05, 0) is 29.7 Å². The van der Waals surface area contributed by atoms with E-state index in [0.29, 0.717) is 12.8 Å². The molecule has 5 heteroatoms. The number of carbonyl (C=O) groups excluding carboxylic acids is 2. The minimum Gasteiger partial charge on any atom is -0.508 e. The Bertz CT molecular complexity index is 713. The van der Waals surface area contributed by atoms with Gasteiger partial charge in [0, 0.05) is 12.8 Å². The molecule has 2 aromatic rings. The van der Waals surface area contributed by atoms with Crippen LogP contribution >= 0.6 is 0 Å². The molecule has 2 aromatic carbocycles. The summed E-state index contributed by atoms with van der Waals surface area (Å²) in [5.74, 6) is -0.454. The highest BCUT2D eigenvalue weighted by atomic mass is 16.5. The molecule has 0 spiro atoms. The Morgan fingerprint density at radius 3 is 2.37 bits per heavy atom. The third kappa shape index (κ3) is 7.52. The van der Waals surface area contributed by atoms with E-state index in [1.54, 1.807) is 24.3 Å². The molecule has 0 aliphatic rings. The van der Waals surface area contributed by atoms with E-state index in [1.807, 2.05) is 30.3 Å². The van der Waals surface area contributed by atoms with Crippen molar-refractivity contribution in [3.63, 3.8) is 0 Å². The van der Waals surface area contributed by atoms with Gasteiger partial charge in [0.05, 0.1) is 0 Å². The molecule has 0 aliphatic heterocycles. The van der Waals surface area contributed by atoms with E-state index >= 15 is 0 Å². The smallest absolute Gasteiger partial charge is 0.329 e. The predicted molar refractivity (Wildman–Crippen MR) is 104 cm³/mol. The number of amides is 1. The summed E-state index contributed by atoms with van der Waals surface area (Å²) < 4.78 is 5.41. The van der Waals surface area contributed by atoms with E-state index in [2.05, 4.69) is 12.2 Å². The van der Waals surface area contributed by atoms with Crippen LogP contribution in [0.4, 0.5) is 0 Å². The average Bonchev–Trinajstić information content (AvgIpc) is 2.68. The molecular formula is C22H27NO4. The van der Waals surface area contributed by atoms with Gasteiger partial charge >= 0.3 is 5.97 Å². The molecule has 0 radical (unpaired) electrons. The van der Waals surface area contributed by atoms with Crippen molar-refractivity contribution < 1.29 is 19.4 Å². The molecule has 1 amide bonds. The summed E-state index contributed by atoms with van der Waals surface area (Å²) >= 11 is 0. The first kappa shape index (κ1) is 20.5. The Balaban J connectivity index is 1.99. The number of benzene rings is 2. The second-order valence-corrected chi connectivity index (χ2v) is 6.54. The topological polar surface area (TPSA) is 75.6 Å². The second-order valence-electron chi connectivity index (χ2n) is 6.54. The first-order valence-corrected chi connectivity index (χ1v) is 9.36. The molecule has 0 aliphatic carbocycles. The summed E-state index contributed by atoms with van der Waals surface area (Å²) in [5, 5.41) is 12.2. The first-order valence-electron chi connectivity index (χ1n) is 9.36. The van der Waals surface area contributed by atoms with Crippen LogP contribution in [0.1, 0.15) is 43.7 Å². The fraction of sp³-hybridized carbons (Fsp3) is 0.364. The van der Waals surface area contributed by atoms with Gasteiger partial charge in [-0.3, -0.25) is 4.79 Å². The van der Waals surface area contributed by atoms with Crippen molar-refractivity contribution in [1.29, 1.82) is 0 Å². The number of esters is 1. The van der Waals surface area contributed by atoms with Crippen LogP contribution in [0.2, 0.25) is 0 Å². The highest BCUT2D eigenvalue weighted by Gasteiger charge is 2.22. The van der Waals surface area contributed by atoms with E-state index in [9.17, 15) is 14.7 Å². The maximum Gasteiger partial charge on any atom is 0.329 e. The van der Waals surface area contributed by atoms with Gasteiger partial charge in [0.1, 0.15) is 18.4 Å². The minimum absolute atomic E-state index is 0.149. The number of unbranched alkanes of at least 4 members (excludes halogenated alkanes) is 2. The van der Waals surface area contributed by atoms with Gasteiger partial charge in [-0.1, -0.05) is 62.2 Å². The molecule has 27 heavy (non-hydrogen) atoms. The van der Waals surface area contributed by atoms with E-state index in [1.165, 1.54) is 0 Å². The summed E-state index contributed by atoms with van der Waals surface area (Å²) in [6, 6.07) is 15.3. The maximum atomic E-state index is 12.6. The number of carbonyl (C=O) groups is 2. The lowest BCUT2D eigenvalue weighted by Gasteiger charge is -2.18. The average molecular weight is 369 g/mol. The monoisotopic (exact) mass is 369 g/mol. The van der Waals surface area contributed by atoms with Crippen molar-refractivity contribution in [3.05, 3.63) is 65.7 Å². The van der Waals surface area contributed by atoms with Gasteiger partial charge in [-0.15, -0.1) is 0 Å². The first-order chi connectivity index (χ1) is 13.1. The summed E-state index contributed by atoms with van der Waals surface area (Å²) in [5.41, 5.74) is 1.73. The van der Waals surface area contributed by atoms with E-state index in [4.69, 9.17) is 4.74 Å². The molecule has 0 heterocycles. The van der Waals surface area contributed by atoms with E-state index in [-0.39, 0.29) is 18.3 Å². The molecule has 2 N–H and O–H groups in total. The van der Waals surface area contributed by atoms with Crippen molar-refractivity contribution in [2.45, 2.75) is 51.7 Å². The van der Waals surface area contributed by atoms with Crippen LogP contribution in [0.25, 0.3) is 0 Å². The molecule has 0 unspecified atom stereocenters. The molecule has 0 aromatic heterocycles. The Kier molecular flexibility index (Phi) is 8.36. The lowest BCUT2D eigenvalue weighted by Crippen LogP contribution is -2.43. The third-order valence-electron chi connectivity index (χ3n) is 4.23. The van der Waals surface area contributed by atoms with Crippen molar-refractivity contribution in [1.82, 2.24) is 5.32 Å². The van der Waals surface area contributed by atoms with Crippen molar-refractivity contribution >= 4 is 11.9 Å². The molecule has 144 valence electrons. The SMILES string of the molecule is CCCCCC(=O)N[C@@H](Cc1ccc(O)cc1)C(=O)OCc1ccccc1. The summed E-state index contributed by atoms with van der Waals surface area (Å²) in [4.78, 5) is 24.8. The number of ether oxygens (including phenoxy) is 1. The summed E-state index contributed by atoms with van der Waals surface area (Å²) in [7, 11) is 0. The van der Waals surface area contributed by atoms with Gasteiger partial charge in [0.25, 0.3) is 0 Å². The lowest BCUT2D eigenvalue weighted by atomic mass is 10.1. The standard InChI is InChI=1S/C22H27NO4/c1-2-3-5-10-21(25)23-20(15-17-11-13-19(24)14-12-17)22(26)27-16-18-8-6-4-7-9-18/h4,6-9,11-14,20,24H,2-3,5,10,15-16H2,1H3,(H,23,25)/t20-/m0/s1. The molecule has 5 nitrogen and oxygen atoms in total. The zero-order valence-corrected chi connectivity index (χ0v) is 15.7.